The number of furan rings is 1. The molecular weight excluding hydrogens is 312 g/mol. The summed E-state index contributed by atoms with van der Waals surface area (Å²) in [5.74, 6) is 1.30. The highest BCUT2D eigenvalue weighted by Gasteiger charge is 2.17. The Morgan fingerprint density at radius 2 is 2.00 bits per heavy atom. The van der Waals surface area contributed by atoms with Crippen LogP contribution >= 0.6 is 0 Å². The SMILES string of the molecule is Cc1c(CNC(=O)c2ccc(C3CCNC3)cc2)oc2ccccc12. The van der Waals surface area contributed by atoms with Crippen molar-refractivity contribution in [3.63, 3.8) is 0 Å². The summed E-state index contributed by atoms with van der Waals surface area (Å²) in [6, 6.07) is 15.9. The topological polar surface area (TPSA) is 54.3 Å². The molecule has 1 fully saturated rings. The second-order valence-corrected chi connectivity index (χ2v) is 6.64. The Kier molecular flexibility index (Phi) is 4.28. The highest BCUT2D eigenvalue weighted by molar-refractivity contribution is 5.94. The molecule has 2 heterocycles. The van der Waals surface area contributed by atoms with E-state index in [1.807, 2.05) is 43.3 Å². The van der Waals surface area contributed by atoms with E-state index in [-0.39, 0.29) is 5.91 Å². The molecule has 1 aromatic heterocycles. The molecule has 25 heavy (non-hydrogen) atoms. The maximum absolute atomic E-state index is 12.4. The minimum Gasteiger partial charge on any atom is -0.459 e. The van der Waals surface area contributed by atoms with Gasteiger partial charge in [0.15, 0.2) is 0 Å². The van der Waals surface area contributed by atoms with E-state index >= 15 is 0 Å². The van der Waals surface area contributed by atoms with Gasteiger partial charge in [0.1, 0.15) is 11.3 Å². The average molecular weight is 334 g/mol. The number of carbonyl (C=O) groups is 1. The summed E-state index contributed by atoms with van der Waals surface area (Å²) in [5.41, 5.74) is 3.93. The zero-order chi connectivity index (χ0) is 17.2. The molecule has 1 aliphatic rings. The molecule has 1 atom stereocenters. The molecule has 2 aromatic carbocycles. The number of rotatable bonds is 4. The number of fused-ring (bicyclic) bond motifs is 1. The number of benzene rings is 2. The second kappa shape index (κ2) is 6.73. The van der Waals surface area contributed by atoms with Crippen LogP contribution in [0.15, 0.2) is 52.9 Å². The molecule has 0 radical (unpaired) electrons. The van der Waals surface area contributed by atoms with E-state index < -0.39 is 0 Å². The largest absolute Gasteiger partial charge is 0.459 e. The monoisotopic (exact) mass is 334 g/mol. The van der Waals surface area contributed by atoms with Gasteiger partial charge in [-0.2, -0.15) is 0 Å². The van der Waals surface area contributed by atoms with Gasteiger partial charge in [0, 0.05) is 23.1 Å². The standard InChI is InChI=1S/C21H22N2O2/c1-14-18-4-2-3-5-19(18)25-20(14)13-23-21(24)16-8-6-15(7-9-16)17-10-11-22-12-17/h2-9,17,22H,10-13H2,1H3,(H,23,24). The van der Waals surface area contributed by atoms with E-state index in [2.05, 4.69) is 22.8 Å². The third kappa shape index (κ3) is 3.17. The molecule has 1 saturated heterocycles. The van der Waals surface area contributed by atoms with Crippen molar-refractivity contribution in [2.75, 3.05) is 13.1 Å². The lowest BCUT2D eigenvalue weighted by Gasteiger charge is -2.10. The Balaban J connectivity index is 1.43. The van der Waals surface area contributed by atoms with Crippen molar-refractivity contribution in [2.45, 2.75) is 25.8 Å². The van der Waals surface area contributed by atoms with Gasteiger partial charge in [0.25, 0.3) is 5.91 Å². The number of hydrogen-bond donors (Lipinski definition) is 2. The van der Waals surface area contributed by atoms with Gasteiger partial charge >= 0.3 is 0 Å². The third-order valence-electron chi connectivity index (χ3n) is 5.06. The van der Waals surface area contributed by atoms with Crippen LogP contribution in [0.2, 0.25) is 0 Å². The van der Waals surface area contributed by atoms with Crippen LogP contribution in [0.3, 0.4) is 0 Å². The second-order valence-electron chi connectivity index (χ2n) is 6.64. The van der Waals surface area contributed by atoms with E-state index in [0.717, 1.165) is 41.8 Å². The van der Waals surface area contributed by atoms with Crippen LogP contribution in [0.4, 0.5) is 0 Å². The van der Waals surface area contributed by atoms with Gasteiger partial charge < -0.3 is 15.1 Å². The fourth-order valence-electron chi connectivity index (χ4n) is 3.50. The quantitative estimate of drug-likeness (QED) is 0.764. The average Bonchev–Trinajstić information content (AvgIpc) is 3.29. The Bertz CT molecular complexity index is 890. The molecule has 0 bridgehead atoms. The van der Waals surface area contributed by atoms with Crippen LogP contribution in [-0.4, -0.2) is 19.0 Å². The molecule has 4 nitrogen and oxygen atoms in total. The molecule has 1 amide bonds. The van der Waals surface area contributed by atoms with Gasteiger partial charge in [-0.25, -0.2) is 0 Å². The van der Waals surface area contributed by atoms with Crippen LogP contribution in [0.5, 0.6) is 0 Å². The first-order valence-corrected chi connectivity index (χ1v) is 8.78. The highest BCUT2D eigenvalue weighted by atomic mass is 16.3. The Morgan fingerprint density at radius 3 is 2.72 bits per heavy atom. The van der Waals surface area contributed by atoms with Crippen molar-refractivity contribution >= 4 is 16.9 Å². The molecule has 1 unspecified atom stereocenters. The zero-order valence-electron chi connectivity index (χ0n) is 14.3. The van der Waals surface area contributed by atoms with E-state index in [4.69, 9.17) is 4.42 Å². The van der Waals surface area contributed by atoms with Gasteiger partial charge in [0.2, 0.25) is 0 Å². The zero-order valence-corrected chi connectivity index (χ0v) is 14.3. The molecular formula is C21H22N2O2. The lowest BCUT2D eigenvalue weighted by Crippen LogP contribution is -2.22. The summed E-state index contributed by atoms with van der Waals surface area (Å²) in [4.78, 5) is 12.4. The Morgan fingerprint density at radius 1 is 1.20 bits per heavy atom. The summed E-state index contributed by atoms with van der Waals surface area (Å²) in [7, 11) is 0. The maximum Gasteiger partial charge on any atom is 0.251 e. The highest BCUT2D eigenvalue weighted by Crippen LogP contribution is 2.25. The number of nitrogens with one attached hydrogen (secondary N) is 2. The summed E-state index contributed by atoms with van der Waals surface area (Å²) in [5, 5.41) is 7.43. The predicted octanol–water partition coefficient (Wildman–Crippen LogP) is 3.75. The van der Waals surface area contributed by atoms with Gasteiger partial charge in [0.05, 0.1) is 6.54 Å². The fraction of sp³-hybridized carbons (Fsp3) is 0.286. The van der Waals surface area contributed by atoms with Crippen molar-refractivity contribution in [2.24, 2.45) is 0 Å². The summed E-state index contributed by atoms with van der Waals surface area (Å²) < 4.78 is 5.85. The first-order chi connectivity index (χ1) is 12.2. The first kappa shape index (κ1) is 15.9. The molecule has 3 aromatic rings. The third-order valence-corrected chi connectivity index (χ3v) is 5.06. The van der Waals surface area contributed by atoms with Crippen LogP contribution in [-0.2, 0) is 6.54 Å². The number of para-hydroxylation sites is 1. The van der Waals surface area contributed by atoms with Crippen molar-refractivity contribution in [1.29, 1.82) is 0 Å². The lowest BCUT2D eigenvalue weighted by molar-refractivity contribution is 0.0948. The van der Waals surface area contributed by atoms with Gasteiger partial charge in [-0.05, 0) is 49.6 Å². The maximum atomic E-state index is 12.4. The molecule has 1 aliphatic heterocycles. The van der Waals surface area contributed by atoms with Crippen molar-refractivity contribution < 1.29 is 9.21 Å². The fourth-order valence-corrected chi connectivity index (χ4v) is 3.50. The van der Waals surface area contributed by atoms with E-state index in [0.29, 0.717) is 18.0 Å². The molecule has 2 N–H and O–H groups in total. The van der Waals surface area contributed by atoms with Gasteiger partial charge in [-0.1, -0.05) is 30.3 Å². The summed E-state index contributed by atoms with van der Waals surface area (Å²) in [6.07, 6.45) is 1.16. The van der Waals surface area contributed by atoms with Gasteiger partial charge in [-0.15, -0.1) is 0 Å². The molecule has 0 aliphatic carbocycles. The van der Waals surface area contributed by atoms with E-state index in [9.17, 15) is 4.79 Å². The minimum atomic E-state index is -0.0732. The van der Waals surface area contributed by atoms with E-state index in [1.54, 1.807) is 0 Å². The van der Waals surface area contributed by atoms with E-state index in [1.165, 1.54) is 5.56 Å². The lowest BCUT2D eigenvalue weighted by atomic mass is 9.97. The first-order valence-electron chi connectivity index (χ1n) is 8.78. The number of carbonyl (C=O) groups excluding carboxylic acids is 1. The van der Waals surface area contributed by atoms with Crippen molar-refractivity contribution in [1.82, 2.24) is 10.6 Å². The van der Waals surface area contributed by atoms with Crippen molar-refractivity contribution in [3.05, 3.63) is 71.0 Å². The van der Waals surface area contributed by atoms with Gasteiger partial charge in [-0.3, -0.25) is 4.79 Å². The Labute approximate surface area is 147 Å². The number of aryl methyl sites for hydroxylation is 1. The smallest absolute Gasteiger partial charge is 0.251 e. The van der Waals surface area contributed by atoms with Crippen LogP contribution < -0.4 is 10.6 Å². The molecule has 4 rings (SSSR count). The molecule has 128 valence electrons. The Hall–Kier alpha value is -2.59. The van der Waals surface area contributed by atoms with Crippen molar-refractivity contribution in [3.8, 4) is 0 Å². The summed E-state index contributed by atoms with van der Waals surface area (Å²) >= 11 is 0. The summed E-state index contributed by atoms with van der Waals surface area (Å²) in [6.45, 7) is 4.52. The normalized spacial score (nSPS) is 17.1. The van der Waals surface area contributed by atoms with Crippen LogP contribution in [0.1, 0.15) is 39.6 Å². The molecule has 0 spiro atoms. The number of amides is 1. The molecule has 0 saturated carbocycles. The van der Waals surface area contributed by atoms with Crippen LogP contribution in [0.25, 0.3) is 11.0 Å². The molecule has 4 heteroatoms. The van der Waals surface area contributed by atoms with Crippen LogP contribution in [0, 0.1) is 6.92 Å². The predicted molar refractivity (Wildman–Crippen MR) is 98.8 cm³/mol. The minimum absolute atomic E-state index is 0.0732. The number of hydrogen-bond acceptors (Lipinski definition) is 3.